The largest absolute Gasteiger partial charge is 0.345 e. The van der Waals surface area contributed by atoms with Gasteiger partial charge in [-0.25, -0.2) is 4.98 Å². The summed E-state index contributed by atoms with van der Waals surface area (Å²) >= 11 is 0. The predicted molar refractivity (Wildman–Crippen MR) is 79.1 cm³/mol. The minimum atomic E-state index is 0.509. The first kappa shape index (κ1) is 15.3. The van der Waals surface area contributed by atoms with Gasteiger partial charge in [0.1, 0.15) is 5.82 Å². The third-order valence-electron chi connectivity index (χ3n) is 3.48. The summed E-state index contributed by atoms with van der Waals surface area (Å²) in [6.45, 7) is 8.94. The molecule has 0 unspecified atom stereocenters. The highest BCUT2D eigenvalue weighted by atomic mass is 14.9. The number of unbranched alkanes of at least 4 members (excludes halogenated alkanes) is 4. The van der Waals surface area contributed by atoms with E-state index in [1.807, 2.05) is 0 Å². The van der Waals surface area contributed by atoms with Gasteiger partial charge >= 0.3 is 0 Å². The lowest BCUT2D eigenvalue weighted by atomic mass is 10.1. The lowest BCUT2D eigenvalue weighted by Gasteiger charge is -2.02. The van der Waals surface area contributed by atoms with Crippen molar-refractivity contribution < 1.29 is 0 Å². The van der Waals surface area contributed by atoms with E-state index in [0.29, 0.717) is 5.92 Å². The summed E-state index contributed by atoms with van der Waals surface area (Å²) in [5.41, 5.74) is 2.74. The molecule has 104 valence electrons. The SMILES string of the molecule is CCCCCc1nc(C(C)C)[nH]c1CCCCC. The van der Waals surface area contributed by atoms with Gasteiger partial charge < -0.3 is 4.98 Å². The Bertz CT molecular complexity index is 298. The van der Waals surface area contributed by atoms with E-state index in [4.69, 9.17) is 4.98 Å². The number of nitrogens with one attached hydrogen (secondary N) is 1. The average Bonchev–Trinajstić information content (AvgIpc) is 2.74. The quantitative estimate of drug-likeness (QED) is 0.614. The Morgan fingerprint density at radius 2 is 1.56 bits per heavy atom. The maximum absolute atomic E-state index is 4.80. The number of aromatic nitrogens is 2. The molecule has 1 aromatic heterocycles. The Balaban J connectivity index is 2.64. The van der Waals surface area contributed by atoms with Crippen LogP contribution in [0.1, 0.15) is 89.4 Å². The molecule has 0 aliphatic rings. The van der Waals surface area contributed by atoms with Gasteiger partial charge in [-0.15, -0.1) is 0 Å². The Hall–Kier alpha value is -0.790. The van der Waals surface area contributed by atoms with Crippen molar-refractivity contribution in [1.29, 1.82) is 0 Å². The first-order chi connectivity index (χ1) is 8.69. The van der Waals surface area contributed by atoms with Gasteiger partial charge in [-0.1, -0.05) is 53.4 Å². The smallest absolute Gasteiger partial charge is 0.109 e. The van der Waals surface area contributed by atoms with E-state index < -0.39 is 0 Å². The first-order valence-electron chi connectivity index (χ1n) is 7.76. The molecule has 0 saturated carbocycles. The van der Waals surface area contributed by atoms with Gasteiger partial charge in [-0.3, -0.25) is 0 Å². The average molecular weight is 250 g/mol. The number of hydrogen-bond acceptors (Lipinski definition) is 1. The molecule has 18 heavy (non-hydrogen) atoms. The van der Waals surface area contributed by atoms with E-state index >= 15 is 0 Å². The van der Waals surface area contributed by atoms with Crippen LogP contribution in [-0.4, -0.2) is 9.97 Å². The summed E-state index contributed by atoms with van der Waals surface area (Å²) in [4.78, 5) is 8.36. The van der Waals surface area contributed by atoms with Crippen LogP contribution in [0.25, 0.3) is 0 Å². The summed E-state index contributed by atoms with van der Waals surface area (Å²) in [5, 5.41) is 0. The van der Waals surface area contributed by atoms with E-state index in [2.05, 4.69) is 32.7 Å². The molecule has 0 aromatic carbocycles. The molecule has 0 saturated heterocycles. The molecule has 0 atom stereocenters. The predicted octanol–water partition coefficient (Wildman–Crippen LogP) is 5.00. The molecule has 0 fully saturated rings. The number of hydrogen-bond donors (Lipinski definition) is 1. The number of rotatable bonds is 9. The van der Waals surface area contributed by atoms with Gasteiger partial charge in [0.15, 0.2) is 0 Å². The van der Waals surface area contributed by atoms with Crippen molar-refractivity contribution in [3.05, 3.63) is 17.2 Å². The summed E-state index contributed by atoms with van der Waals surface area (Å²) in [7, 11) is 0. The Labute approximate surface area is 113 Å². The lowest BCUT2D eigenvalue weighted by molar-refractivity contribution is 0.683. The molecule has 1 N–H and O–H groups in total. The molecule has 0 spiro atoms. The van der Waals surface area contributed by atoms with Crippen molar-refractivity contribution in [2.75, 3.05) is 0 Å². The fourth-order valence-electron chi connectivity index (χ4n) is 2.25. The second-order valence-electron chi connectivity index (χ2n) is 5.62. The molecule has 1 rings (SSSR count). The van der Waals surface area contributed by atoms with Crippen molar-refractivity contribution in [3.8, 4) is 0 Å². The molecule has 2 heteroatoms. The second kappa shape index (κ2) is 8.34. The van der Waals surface area contributed by atoms with Crippen LogP contribution in [0, 0.1) is 0 Å². The number of aryl methyl sites for hydroxylation is 2. The van der Waals surface area contributed by atoms with Crippen LogP contribution in [0.2, 0.25) is 0 Å². The van der Waals surface area contributed by atoms with E-state index in [0.717, 1.165) is 6.42 Å². The van der Waals surface area contributed by atoms with E-state index in [-0.39, 0.29) is 0 Å². The van der Waals surface area contributed by atoms with E-state index in [1.165, 1.54) is 62.2 Å². The fourth-order valence-corrected chi connectivity index (χ4v) is 2.25. The van der Waals surface area contributed by atoms with Crippen molar-refractivity contribution in [2.24, 2.45) is 0 Å². The van der Waals surface area contributed by atoms with Gasteiger partial charge in [0.25, 0.3) is 0 Å². The topological polar surface area (TPSA) is 28.7 Å². The molecule has 2 nitrogen and oxygen atoms in total. The van der Waals surface area contributed by atoms with Crippen molar-refractivity contribution >= 4 is 0 Å². The van der Waals surface area contributed by atoms with Crippen LogP contribution in [-0.2, 0) is 12.8 Å². The van der Waals surface area contributed by atoms with Gasteiger partial charge in [0, 0.05) is 11.6 Å². The first-order valence-corrected chi connectivity index (χ1v) is 7.76. The van der Waals surface area contributed by atoms with Gasteiger partial charge in [-0.05, 0) is 25.7 Å². The minimum Gasteiger partial charge on any atom is -0.345 e. The van der Waals surface area contributed by atoms with Crippen molar-refractivity contribution in [2.45, 2.75) is 85.0 Å². The maximum atomic E-state index is 4.80. The number of nitrogens with zero attached hydrogens (tertiary/aromatic N) is 1. The maximum Gasteiger partial charge on any atom is 0.109 e. The molecule has 0 amide bonds. The number of H-pyrrole nitrogens is 1. The van der Waals surface area contributed by atoms with Crippen LogP contribution >= 0.6 is 0 Å². The van der Waals surface area contributed by atoms with Gasteiger partial charge in [0.2, 0.25) is 0 Å². The molecule has 1 aromatic rings. The lowest BCUT2D eigenvalue weighted by Crippen LogP contribution is -1.94. The molecule has 0 aliphatic heterocycles. The summed E-state index contributed by atoms with van der Waals surface area (Å²) in [6, 6.07) is 0. The van der Waals surface area contributed by atoms with Crippen LogP contribution in [0.3, 0.4) is 0 Å². The summed E-state index contributed by atoms with van der Waals surface area (Å²) in [5.74, 6) is 1.68. The van der Waals surface area contributed by atoms with Crippen LogP contribution in [0.15, 0.2) is 0 Å². The Kier molecular flexibility index (Phi) is 7.07. The summed E-state index contributed by atoms with van der Waals surface area (Å²) < 4.78 is 0. The van der Waals surface area contributed by atoms with Crippen LogP contribution < -0.4 is 0 Å². The molecule has 0 aliphatic carbocycles. The van der Waals surface area contributed by atoms with Crippen molar-refractivity contribution in [3.63, 3.8) is 0 Å². The van der Waals surface area contributed by atoms with Crippen molar-refractivity contribution in [1.82, 2.24) is 9.97 Å². The van der Waals surface area contributed by atoms with Gasteiger partial charge in [-0.2, -0.15) is 0 Å². The second-order valence-corrected chi connectivity index (χ2v) is 5.62. The third-order valence-corrected chi connectivity index (χ3v) is 3.48. The molecule has 1 heterocycles. The van der Waals surface area contributed by atoms with E-state index in [1.54, 1.807) is 0 Å². The molecular formula is C16H30N2. The normalized spacial score (nSPS) is 11.4. The number of aromatic amines is 1. The molecule has 0 bridgehead atoms. The zero-order chi connectivity index (χ0) is 13.4. The van der Waals surface area contributed by atoms with Crippen LogP contribution in [0.5, 0.6) is 0 Å². The monoisotopic (exact) mass is 250 g/mol. The van der Waals surface area contributed by atoms with Gasteiger partial charge in [0.05, 0.1) is 5.69 Å². The third kappa shape index (κ3) is 4.83. The highest BCUT2D eigenvalue weighted by Gasteiger charge is 2.11. The fraction of sp³-hybridized carbons (Fsp3) is 0.812. The minimum absolute atomic E-state index is 0.509. The van der Waals surface area contributed by atoms with Crippen LogP contribution in [0.4, 0.5) is 0 Å². The zero-order valence-electron chi connectivity index (χ0n) is 12.7. The molecular weight excluding hydrogens is 220 g/mol. The summed E-state index contributed by atoms with van der Waals surface area (Å²) in [6.07, 6.45) is 10.1. The molecule has 0 radical (unpaired) electrons. The Morgan fingerprint density at radius 3 is 2.11 bits per heavy atom. The standard InChI is InChI=1S/C16H30N2/c1-5-7-9-11-14-15(12-10-8-6-2)18-16(17-14)13(3)4/h13H,5-12H2,1-4H3,(H,17,18). The highest BCUT2D eigenvalue weighted by molar-refractivity contribution is 5.16. The van der Waals surface area contributed by atoms with E-state index in [9.17, 15) is 0 Å². The Morgan fingerprint density at radius 1 is 0.944 bits per heavy atom. The highest BCUT2D eigenvalue weighted by Crippen LogP contribution is 2.18. The zero-order valence-corrected chi connectivity index (χ0v) is 12.7. The number of imidazole rings is 1.